The Morgan fingerprint density at radius 3 is 2.10 bits per heavy atom. The molecule has 2 aromatic carbocycles. The lowest BCUT2D eigenvalue weighted by molar-refractivity contribution is -0.137. The molecule has 1 heterocycles. The van der Waals surface area contributed by atoms with Crippen LogP contribution in [0.4, 0.5) is 18.0 Å². The van der Waals surface area contributed by atoms with Gasteiger partial charge < -0.3 is 5.73 Å². The van der Waals surface area contributed by atoms with Crippen LogP contribution >= 0.6 is 0 Å². The molecule has 0 saturated carbocycles. The van der Waals surface area contributed by atoms with Crippen molar-refractivity contribution < 1.29 is 22.8 Å². The number of carbonyl (C=O) groups excluding carboxylic acids is 2. The van der Waals surface area contributed by atoms with Gasteiger partial charge in [-0.25, -0.2) is 4.79 Å². The number of urea groups is 1. The number of benzene rings is 2. The number of hydrogen-bond acceptors (Lipinski definition) is 4. The molecule has 1 aliphatic heterocycles. The second-order valence-electron chi connectivity index (χ2n) is 7.17. The molecule has 3 rings (SSSR count). The molecule has 30 heavy (non-hydrogen) atoms. The number of alkyl halides is 3. The summed E-state index contributed by atoms with van der Waals surface area (Å²) in [6.45, 7) is 2.91. The van der Waals surface area contributed by atoms with Crippen LogP contribution in [0.2, 0.25) is 0 Å². The van der Waals surface area contributed by atoms with Crippen LogP contribution in [0.25, 0.3) is 0 Å². The third kappa shape index (κ3) is 5.58. The minimum Gasteiger partial charge on any atom is -0.351 e. The number of halogens is 3. The molecule has 1 fully saturated rings. The van der Waals surface area contributed by atoms with Crippen molar-refractivity contribution in [1.82, 2.24) is 15.1 Å². The number of primary amides is 1. The highest BCUT2D eigenvalue weighted by molar-refractivity contribution is 5.96. The Labute approximate surface area is 172 Å². The van der Waals surface area contributed by atoms with E-state index in [1.807, 2.05) is 35.2 Å². The summed E-state index contributed by atoms with van der Waals surface area (Å²) in [5.41, 5.74) is 6.00. The molecule has 1 atom stereocenters. The number of nitrogens with one attached hydrogen (secondary N) is 1. The predicted molar refractivity (Wildman–Crippen MR) is 105 cm³/mol. The summed E-state index contributed by atoms with van der Waals surface area (Å²) in [5.74, 6) is -0.482. The fourth-order valence-corrected chi connectivity index (χ4v) is 3.59. The standard InChI is InChI=1S/C21H23F3N4O2/c22-21(23,24)17-8-6-15(7-9-17)14-27-10-12-28(13-11-27)18(19(29)26-20(25)30)16-4-2-1-3-5-16/h1-9,18H,10-14H2,(H3,25,26,29,30)/t18-/m1/s1. The topological polar surface area (TPSA) is 78.7 Å². The summed E-state index contributed by atoms with van der Waals surface area (Å²) in [6.07, 6.45) is -4.35. The summed E-state index contributed by atoms with van der Waals surface area (Å²) in [6, 6.07) is 12.7. The second-order valence-corrected chi connectivity index (χ2v) is 7.17. The number of piperazine rings is 1. The lowest BCUT2D eigenvalue weighted by Crippen LogP contribution is -2.51. The number of hydrogen-bond donors (Lipinski definition) is 2. The molecule has 3 N–H and O–H groups in total. The molecule has 0 bridgehead atoms. The summed E-state index contributed by atoms with van der Waals surface area (Å²) < 4.78 is 38.1. The molecule has 0 unspecified atom stereocenters. The van der Waals surface area contributed by atoms with Gasteiger partial charge in [0.2, 0.25) is 5.91 Å². The Morgan fingerprint density at radius 2 is 1.57 bits per heavy atom. The molecule has 2 aromatic rings. The van der Waals surface area contributed by atoms with E-state index < -0.39 is 29.7 Å². The van der Waals surface area contributed by atoms with Crippen molar-refractivity contribution in [2.45, 2.75) is 18.8 Å². The predicted octanol–water partition coefficient (Wildman–Crippen LogP) is 2.76. The van der Waals surface area contributed by atoms with Crippen molar-refractivity contribution in [2.24, 2.45) is 5.73 Å². The fourth-order valence-electron chi connectivity index (χ4n) is 3.59. The summed E-state index contributed by atoms with van der Waals surface area (Å²) in [7, 11) is 0. The highest BCUT2D eigenvalue weighted by atomic mass is 19.4. The summed E-state index contributed by atoms with van der Waals surface area (Å²) >= 11 is 0. The van der Waals surface area contributed by atoms with Gasteiger partial charge >= 0.3 is 12.2 Å². The minimum absolute atomic E-state index is 0.482. The average molecular weight is 420 g/mol. The first-order valence-corrected chi connectivity index (χ1v) is 9.52. The van der Waals surface area contributed by atoms with E-state index in [1.54, 1.807) is 0 Å². The zero-order valence-corrected chi connectivity index (χ0v) is 16.2. The van der Waals surface area contributed by atoms with Crippen molar-refractivity contribution in [3.8, 4) is 0 Å². The van der Waals surface area contributed by atoms with Crippen molar-refractivity contribution in [2.75, 3.05) is 26.2 Å². The van der Waals surface area contributed by atoms with Gasteiger partial charge in [0.1, 0.15) is 6.04 Å². The minimum atomic E-state index is -4.35. The van der Waals surface area contributed by atoms with Gasteiger partial charge in [0.05, 0.1) is 5.56 Å². The molecular formula is C21H23F3N4O2. The van der Waals surface area contributed by atoms with Crippen LogP contribution in [-0.2, 0) is 17.5 Å². The number of imide groups is 1. The molecule has 6 nitrogen and oxygen atoms in total. The van der Waals surface area contributed by atoms with Crippen LogP contribution in [0.3, 0.4) is 0 Å². The third-order valence-corrected chi connectivity index (χ3v) is 5.07. The van der Waals surface area contributed by atoms with Crippen LogP contribution in [0.1, 0.15) is 22.7 Å². The fraction of sp³-hybridized carbons (Fsp3) is 0.333. The summed E-state index contributed by atoms with van der Waals surface area (Å²) in [5, 5.41) is 2.16. The van der Waals surface area contributed by atoms with Gasteiger partial charge in [-0.1, -0.05) is 42.5 Å². The number of amides is 3. The van der Waals surface area contributed by atoms with E-state index in [4.69, 9.17) is 5.73 Å². The number of nitrogens with zero attached hydrogens (tertiary/aromatic N) is 2. The van der Waals surface area contributed by atoms with Crippen LogP contribution in [0.15, 0.2) is 54.6 Å². The monoisotopic (exact) mass is 420 g/mol. The van der Waals surface area contributed by atoms with E-state index in [-0.39, 0.29) is 0 Å². The largest absolute Gasteiger partial charge is 0.416 e. The lowest BCUT2D eigenvalue weighted by Gasteiger charge is -2.38. The zero-order chi connectivity index (χ0) is 21.7. The molecule has 0 aliphatic carbocycles. The zero-order valence-electron chi connectivity index (χ0n) is 16.2. The maximum Gasteiger partial charge on any atom is 0.416 e. The van der Waals surface area contributed by atoms with E-state index in [2.05, 4.69) is 10.2 Å². The van der Waals surface area contributed by atoms with Crippen LogP contribution in [-0.4, -0.2) is 47.9 Å². The molecule has 160 valence electrons. The van der Waals surface area contributed by atoms with Crippen molar-refractivity contribution >= 4 is 11.9 Å². The Hall–Kier alpha value is -2.91. The first-order valence-electron chi connectivity index (χ1n) is 9.52. The Kier molecular flexibility index (Phi) is 6.73. The van der Waals surface area contributed by atoms with E-state index in [9.17, 15) is 22.8 Å². The lowest BCUT2D eigenvalue weighted by atomic mass is 10.0. The van der Waals surface area contributed by atoms with Crippen LogP contribution in [0, 0.1) is 0 Å². The van der Waals surface area contributed by atoms with Gasteiger partial charge in [-0.2, -0.15) is 13.2 Å². The van der Waals surface area contributed by atoms with Crippen molar-refractivity contribution in [3.63, 3.8) is 0 Å². The van der Waals surface area contributed by atoms with Gasteiger partial charge in [-0.05, 0) is 23.3 Å². The molecule has 1 saturated heterocycles. The highest BCUT2D eigenvalue weighted by Gasteiger charge is 2.32. The molecule has 0 radical (unpaired) electrons. The van der Waals surface area contributed by atoms with Gasteiger partial charge in [0.15, 0.2) is 0 Å². The van der Waals surface area contributed by atoms with E-state index in [1.165, 1.54) is 12.1 Å². The van der Waals surface area contributed by atoms with E-state index >= 15 is 0 Å². The maximum absolute atomic E-state index is 12.7. The Bertz CT molecular complexity index is 864. The molecule has 3 amide bonds. The maximum atomic E-state index is 12.7. The molecule has 0 spiro atoms. The number of nitrogens with two attached hydrogens (primary N) is 1. The first kappa shape index (κ1) is 21.8. The van der Waals surface area contributed by atoms with Crippen LogP contribution < -0.4 is 11.1 Å². The Morgan fingerprint density at radius 1 is 0.967 bits per heavy atom. The SMILES string of the molecule is NC(=O)NC(=O)[C@@H](c1ccccc1)N1CCN(Cc2ccc(C(F)(F)F)cc2)CC1. The van der Waals surface area contributed by atoms with Gasteiger partial charge in [0.25, 0.3) is 0 Å². The van der Waals surface area contributed by atoms with Gasteiger partial charge in [-0.3, -0.25) is 19.9 Å². The molecule has 1 aliphatic rings. The second kappa shape index (κ2) is 9.27. The molecule has 0 aromatic heterocycles. The number of rotatable bonds is 5. The third-order valence-electron chi connectivity index (χ3n) is 5.07. The molecule has 9 heteroatoms. The van der Waals surface area contributed by atoms with Crippen LogP contribution in [0.5, 0.6) is 0 Å². The highest BCUT2D eigenvalue weighted by Crippen LogP contribution is 2.29. The average Bonchev–Trinajstić information content (AvgIpc) is 2.69. The van der Waals surface area contributed by atoms with Gasteiger partial charge in [-0.15, -0.1) is 0 Å². The van der Waals surface area contributed by atoms with Crippen molar-refractivity contribution in [1.29, 1.82) is 0 Å². The van der Waals surface area contributed by atoms with E-state index in [0.29, 0.717) is 32.7 Å². The number of carbonyl (C=O) groups is 2. The normalized spacial score (nSPS) is 16.8. The quantitative estimate of drug-likeness (QED) is 0.780. The Balaban J connectivity index is 1.63. The van der Waals surface area contributed by atoms with Gasteiger partial charge in [0, 0.05) is 32.7 Å². The summed E-state index contributed by atoms with van der Waals surface area (Å²) in [4.78, 5) is 27.8. The first-order chi connectivity index (χ1) is 14.2. The smallest absolute Gasteiger partial charge is 0.351 e. The van der Waals surface area contributed by atoms with E-state index in [0.717, 1.165) is 23.3 Å². The van der Waals surface area contributed by atoms with Crippen molar-refractivity contribution in [3.05, 3.63) is 71.3 Å². The molecular weight excluding hydrogens is 397 g/mol.